The van der Waals surface area contributed by atoms with Crippen LogP contribution in [0, 0.1) is 0 Å². The standard InChI is InChI=1S/C21H30S2/c1-3-10-18(11-4-2)22-20-14-8-16-21(17-9-15-20)23-19-12-6-5-7-13-19/h3,5-7,10-13,20-21H,4,8-9,14-17H2,1-2H3/b10-3-,18-11+. The fourth-order valence-corrected chi connectivity index (χ4v) is 5.78. The average Bonchev–Trinajstić information content (AvgIpc) is 2.53. The highest BCUT2D eigenvalue weighted by Crippen LogP contribution is 2.36. The second-order valence-corrected chi connectivity index (χ2v) is 8.92. The maximum absolute atomic E-state index is 2.37. The van der Waals surface area contributed by atoms with Crippen LogP contribution in [-0.4, -0.2) is 10.5 Å². The highest BCUT2D eigenvalue weighted by atomic mass is 32.2. The van der Waals surface area contributed by atoms with E-state index in [1.807, 2.05) is 0 Å². The number of rotatable bonds is 6. The van der Waals surface area contributed by atoms with Crippen LogP contribution in [-0.2, 0) is 0 Å². The summed E-state index contributed by atoms with van der Waals surface area (Å²) in [6.45, 7) is 4.35. The van der Waals surface area contributed by atoms with Gasteiger partial charge in [0.05, 0.1) is 0 Å². The first-order valence-electron chi connectivity index (χ1n) is 9.03. The van der Waals surface area contributed by atoms with E-state index in [1.165, 1.54) is 48.3 Å². The van der Waals surface area contributed by atoms with Gasteiger partial charge in [-0.3, -0.25) is 0 Å². The van der Waals surface area contributed by atoms with E-state index >= 15 is 0 Å². The molecule has 0 aliphatic heterocycles. The molecule has 0 N–H and O–H groups in total. The van der Waals surface area contributed by atoms with Gasteiger partial charge in [0, 0.05) is 20.3 Å². The van der Waals surface area contributed by atoms with Crippen molar-refractivity contribution in [2.75, 3.05) is 0 Å². The van der Waals surface area contributed by atoms with Gasteiger partial charge in [0.15, 0.2) is 0 Å². The van der Waals surface area contributed by atoms with Gasteiger partial charge in [-0.1, -0.05) is 56.2 Å². The molecule has 2 rings (SSSR count). The van der Waals surface area contributed by atoms with Crippen molar-refractivity contribution >= 4 is 23.5 Å². The van der Waals surface area contributed by atoms with Gasteiger partial charge in [-0.15, -0.1) is 23.5 Å². The molecule has 0 saturated heterocycles. The molecule has 0 heterocycles. The Morgan fingerprint density at radius 1 is 1.04 bits per heavy atom. The normalized spacial score (nSPS) is 23.7. The lowest BCUT2D eigenvalue weighted by Gasteiger charge is -2.24. The van der Waals surface area contributed by atoms with Crippen LogP contribution in [0.25, 0.3) is 0 Å². The minimum absolute atomic E-state index is 0.810. The van der Waals surface area contributed by atoms with Crippen molar-refractivity contribution in [1.29, 1.82) is 0 Å². The van der Waals surface area contributed by atoms with E-state index in [9.17, 15) is 0 Å². The molecule has 1 aliphatic carbocycles. The van der Waals surface area contributed by atoms with E-state index in [0.717, 1.165) is 16.9 Å². The van der Waals surface area contributed by atoms with Crippen molar-refractivity contribution in [3.8, 4) is 0 Å². The second-order valence-electron chi connectivity index (χ2n) is 6.17. The van der Waals surface area contributed by atoms with Crippen LogP contribution in [0.5, 0.6) is 0 Å². The first-order valence-corrected chi connectivity index (χ1v) is 10.8. The number of hydrogen-bond acceptors (Lipinski definition) is 2. The maximum Gasteiger partial charge on any atom is 0.00944 e. The zero-order valence-corrected chi connectivity index (χ0v) is 16.2. The second kappa shape index (κ2) is 11.0. The molecule has 0 atom stereocenters. The molecular formula is C21H30S2. The van der Waals surface area contributed by atoms with Gasteiger partial charge >= 0.3 is 0 Å². The molecule has 1 aromatic carbocycles. The van der Waals surface area contributed by atoms with E-state index in [1.54, 1.807) is 0 Å². The average molecular weight is 347 g/mol. The summed E-state index contributed by atoms with van der Waals surface area (Å²) in [7, 11) is 0. The summed E-state index contributed by atoms with van der Waals surface area (Å²) in [5.74, 6) is 0. The zero-order chi connectivity index (χ0) is 16.3. The summed E-state index contributed by atoms with van der Waals surface area (Å²) in [5, 5.41) is 1.62. The van der Waals surface area contributed by atoms with Crippen molar-refractivity contribution in [3.05, 3.63) is 53.5 Å². The van der Waals surface area contributed by atoms with E-state index in [0.29, 0.717) is 0 Å². The van der Waals surface area contributed by atoms with E-state index in [4.69, 9.17) is 0 Å². The number of benzene rings is 1. The molecule has 1 aliphatic rings. The first kappa shape index (κ1) is 18.7. The molecule has 1 saturated carbocycles. The third kappa shape index (κ3) is 7.22. The Labute approximate surface area is 151 Å². The van der Waals surface area contributed by atoms with Gasteiger partial charge < -0.3 is 0 Å². The minimum Gasteiger partial charge on any atom is -0.123 e. The molecule has 1 aromatic rings. The van der Waals surface area contributed by atoms with Crippen LogP contribution in [0.1, 0.15) is 58.8 Å². The molecule has 0 radical (unpaired) electrons. The van der Waals surface area contributed by atoms with Crippen LogP contribution >= 0.6 is 23.5 Å². The number of thioether (sulfide) groups is 2. The molecule has 0 bridgehead atoms. The van der Waals surface area contributed by atoms with Crippen molar-refractivity contribution in [2.24, 2.45) is 0 Å². The topological polar surface area (TPSA) is 0 Å². The van der Waals surface area contributed by atoms with Crippen LogP contribution in [0.2, 0.25) is 0 Å². The largest absolute Gasteiger partial charge is 0.123 e. The van der Waals surface area contributed by atoms with Gasteiger partial charge in [0.25, 0.3) is 0 Å². The summed E-state index contributed by atoms with van der Waals surface area (Å²) in [5.41, 5.74) is 0. The smallest absolute Gasteiger partial charge is 0.00944 e. The Hall–Kier alpha value is -0.600. The van der Waals surface area contributed by atoms with E-state index in [-0.39, 0.29) is 0 Å². The molecule has 0 aromatic heterocycles. The predicted molar refractivity (Wildman–Crippen MR) is 108 cm³/mol. The van der Waals surface area contributed by atoms with Crippen LogP contribution in [0.15, 0.2) is 58.4 Å². The lowest BCUT2D eigenvalue weighted by Crippen LogP contribution is -2.12. The monoisotopic (exact) mass is 346 g/mol. The molecule has 1 fully saturated rings. The SMILES string of the molecule is C/C=C\C(=C/CC)SC1CCCC(Sc2ccccc2)CCC1. The summed E-state index contributed by atoms with van der Waals surface area (Å²) in [6, 6.07) is 10.9. The lowest BCUT2D eigenvalue weighted by molar-refractivity contribution is 0.522. The van der Waals surface area contributed by atoms with Crippen molar-refractivity contribution in [3.63, 3.8) is 0 Å². The van der Waals surface area contributed by atoms with Crippen molar-refractivity contribution in [2.45, 2.75) is 74.2 Å². The molecule has 0 amide bonds. The molecule has 0 nitrogen and oxygen atoms in total. The first-order chi connectivity index (χ1) is 11.3. The summed E-state index contributed by atoms with van der Waals surface area (Å²) in [6.07, 6.45) is 16.2. The van der Waals surface area contributed by atoms with Crippen molar-refractivity contribution in [1.82, 2.24) is 0 Å². The third-order valence-corrected chi connectivity index (χ3v) is 6.92. The quantitative estimate of drug-likeness (QED) is 0.490. The molecule has 23 heavy (non-hydrogen) atoms. The molecular weight excluding hydrogens is 316 g/mol. The number of hydrogen-bond donors (Lipinski definition) is 0. The van der Waals surface area contributed by atoms with Gasteiger partial charge in [0.2, 0.25) is 0 Å². The molecule has 0 spiro atoms. The third-order valence-electron chi connectivity index (χ3n) is 4.19. The predicted octanol–water partition coefficient (Wildman–Crippen LogP) is 7.47. The van der Waals surface area contributed by atoms with Crippen LogP contribution < -0.4 is 0 Å². The minimum atomic E-state index is 0.810. The van der Waals surface area contributed by atoms with Gasteiger partial charge in [-0.25, -0.2) is 0 Å². The van der Waals surface area contributed by atoms with E-state index < -0.39 is 0 Å². The Kier molecular flexibility index (Phi) is 8.99. The fourth-order valence-electron chi connectivity index (χ4n) is 3.08. The molecule has 126 valence electrons. The Bertz CT molecular complexity index is 480. The Morgan fingerprint density at radius 2 is 1.70 bits per heavy atom. The zero-order valence-electron chi connectivity index (χ0n) is 14.5. The highest BCUT2D eigenvalue weighted by molar-refractivity contribution is 8.03. The molecule has 2 heteroatoms. The summed E-state index contributed by atoms with van der Waals surface area (Å²) < 4.78 is 0. The Balaban J connectivity index is 1.81. The van der Waals surface area contributed by atoms with Gasteiger partial charge in [0.1, 0.15) is 0 Å². The van der Waals surface area contributed by atoms with E-state index in [2.05, 4.69) is 85.9 Å². The van der Waals surface area contributed by atoms with Gasteiger partial charge in [-0.2, -0.15) is 0 Å². The number of allylic oxidation sites excluding steroid dienone is 3. The van der Waals surface area contributed by atoms with Crippen LogP contribution in [0.4, 0.5) is 0 Å². The molecule has 0 unspecified atom stereocenters. The summed E-state index contributed by atoms with van der Waals surface area (Å²) >= 11 is 4.20. The fraction of sp³-hybridized carbons (Fsp3) is 0.524. The summed E-state index contributed by atoms with van der Waals surface area (Å²) in [4.78, 5) is 2.90. The highest BCUT2D eigenvalue weighted by Gasteiger charge is 2.18. The maximum atomic E-state index is 2.37. The van der Waals surface area contributed by atoms with Crippen molar-refractivity contribution < 1.29 is 0 Å². The van der Waals surface area contributed by atoms with Crippen LogP contribution in [0.3, 0.4) is 0 Å². The van der Waals surface area contributed by atoms with Gasteiger partial charge in [-0.05, 0) is 51.2 Å². The lowest BCUT2D eigenvalue weighted by atomic mass is 10.0. The Morgan fingerprint density at radius 3 is 2.30 bits per heavy atom.